The number of nitrogens with zero attached hydrogens (tertiary/aromatic N) is 3. The van der Waals surface area contributed by atoms with Gasteiger partial charge in [-0.25, -0.2) is 0 Å². The highest BCUT2D eigenvalue weighted by atomic mass is 16.5. The molecular weight excluding hydrogens is 290 g/mol. The molecule has 0 bridgehead atoms. The number of ether oxygens (including phenoxy) is 2. The van der Waals surface area contributed by atoms with Crippen LogP contribution in [0.5, 0.6) is 11.9 Å². The SMILES string of the molecule is COc1cc(-c2cccc([C@@H](C)N3CCCC3)c2)nc(OC)n1. The molecule has 23 heavy (non-hydrogen) atoms. The average molecular weight is 313 g/mol. The van der Waals surface area contributed by atoms with E-state index in [1.807, 2.05) is 6.07 Å². The molecule has 2 heterocycles. The van der Waals surface area contributed by atoms with E-state index in [0.717, 1.165) is 11.3 Å². The molecule has 0 amide bonds. The van der Waals surface area contributed by atoms with Crippen molar-refractivity contribution in [3.05, 3.63) is 35.9 Å². The maximum absolute atomic E-state index is 5.24. The topological polar surface area (TPSA) is 47.5 Å². The second-order valence-electron chi connectivity index (χ2n) is 5.83. The maximum Gasteiger partial charge on any atom is 0.320 e. The normalized spacial score (nSPS) is 16.3. The molecule has 0 unspecified atom stereocenters. The Labute approximate surface area is 137 Å². The molecule has 5 heteroatoms. The molecule has 0 aliphatic carbocycles. The van der Waals surface area contributed by atoms with Crippen LogP contribution in [0.4, 0.5) is 0 Å². The molecule has 0 saturated carbocycles. The molecule has 2 aromatic rings. The highest BCUT2D eigenvalue weighted by Crippen LogP contribution is 2.29. The lowest BCUT2D eigenvalue weighted by Crippen LogP contribution is -2.23. The predicted octanol–water partition coefficient (Wildman–Crippen LogP) is 3.32. The van der Waals surface area contributed by atoms with Crippen LogP contribution >= 0.6 is 0 Å². The number of aromatic nitrogens is 2. The molecule has 1 atom stereocenters. The Kier molecular flexibility index (Phi) is 4.76. The number of methoxy groups -OCH3 is 2. The highest BCUT2D eigenvalue weighted by molar-refractivity contribution is 5.61. The van der Waals surface area contributed by atoms with Gasteiger partial charge in [-0.15, -0.1) is 0 Å². The molecule has 0 N–H and O–H groups in total. The first-order valence-corrected chi connectivity index (χ1v) is 8.02. The fourth-order valence-electron chi connectivity index (χ4n) is 3.05. The van der Waals surface area contributed by atoms with E-state index in [2.05, 4.69) is 46.1 Å². The van der Waals surface area contributed by atoms with Crippen molar-refractivity contribution in [2.24, 2.45) is 0 Å². The summed E-state index contributed by atoms with van der Waals surface area (Å²) in [6.07, 6.45) is 2.59. The maximum atomic E-state index is 5.24. The predicted molar refractivity (Wildman–Crippen MR) is 89.8 cm³/mol. The Morgan fingerprint density at radius 2 is 1.83 bits per heavy atom. The molecule has 1 aliphatic heterocycles. The van der Waals surface area contributed by atoms with E-state index >= 15 is 0 Å². The first kappa shape index (κ1) is 15.7. The van der Waals surface area contributed by atoms with Gasteiger partial charge < -0.3 is 9.47 Å². The zero-order valence-corrected chi connectivity index (χ0v) is 14.0. The van der Waals surface area contributed by atoms with E-state index in [-0.39, 0.29) is 0 Å². The van der Waals surface area contributed by atoms with Crippen LogP contribution in [0.2, 0.25) is 0 Å². The Hall–Kier alpha value is -2.14. The number of hydrogen-bond acceptors (Lipinski definition) is 5. The van der Waals surface area contributed by atoms with E-state index in [1.54, 1.807) is 14.2 Å². The fraction of sp³-hybridized carbons (Fsp3) is 0.444. The number of hydrogen-bond donors (Lipinski definition) is 0. The molecule has 1 aromatic heterocycles. The third-order valence-electron chi connectivity index (χ3n) is 4.43. The zero-order valence-electron chi connectivity index (χ0n) is 14.0. The minimum absolute atomic E-state index is 0.317. The molecule has 1 saturated heterocycles. The largest absolute Gasteiger partial charge is 0.481 e. The zero-order chi connectivity index (χ0) is 16.2. The van der Waals surface area contributed by atoms with Crippen molar-refractivity contribution in [3.8, 4) is 23.1 Å². The summed E-state index contributed by atoms with van der Waals surface area (Å²) in [4.78, 5) is 11.1. The van der Waals surface area contributed by atoms with Gasteiger partial charge in [-0.05, 0) is 44.5 Å². The second-order valence-corrected chi connectivity index (χ2v) is 5.83. The van der Waals surface area contributed by atoms with Gasteiger partial charge in [0.2, 0.25) is 5.88 Å². The second kappa shape index (κ2) is 6.96. The minimum atomic E-state index is 0.317. The van der Waals surface area contributed by atoms with Gasteiger partial charge in [-0.1, -0.05) is 18.2 Å². The van der Waals surface area contributed by atoms with E-state index in [4.69, 9.17) is 9.47 Å². The molecular formula is C18H23N3O2. The van der Waals surface area contributed by atoms with Crippen LogP contribution in [0, 0.1) is 0 Å². The van der Waals surface area contributed by atoms with Crippen molar-refractivity contribution < 1.29 is 9.47 Å². The van der Waals surface area contributed by atoms with Gasteiger partial charge in [0.1, 0.15) is 0 Å². The van der Waals surface area contributed by atoms with Crippen molar-refractivity contribution in [2.45, 2.75) is 25.8 Å². The van der Waals surface area contributed by atoms with E-state index < -0.39 is 0 Å². The monoisotopic (exact) mass is 313 g/mol. The smallest absolute Gasteiger partial charge is 0.320 e. The van der Waals surface area contributed by atoms with E-state index in [9.17, 15) is 0 Å². The van der Waals surface area contributed by atoms with Crippen molar-refractivity contribution in [1.29, 1.82) is 0 Å². The quantitative estimate of drug-likeness (QED) is 0.847. The van der Waals surface area contributed by atoms with Crippen LogP contribution in [0.1, 0.15) is 31.4 Å². The summed E-state index contributed by atoms with van der Waals surface area (Å²) in [7, 11) is 3.15. The fourth-order valence-corrected chi connectivity index (χ4v) is 3.05. The van der Waals surface area contributed by atoms with Crippen molar-refractivity contribution in [3.63, 3.8) is 0 Å². The third-order valence-corrected chi connectivity index (χ3v) is 4.43. The van der Waals surface area contributed by atoms with E-state index in [1.165, 1.54) is 31.5 Å². The molecule has 3 rings (SSSR count). The molecule has 1 aliphatic rings. The van der Waals surface area contributed by atoms with Crippen LogP contribution in [-0.2, 0) is 0 Å². The van der Waals surface area contributed by atoms with Gasteiger partial charge in [0.25, 0.3) is 0 Å². The summed E-state index contributed by atoms with van der Waals surface area (Å²) in [6, 6.07) is 11.1. The van der Waals surface area contributed by atoms with Crippen LogP contribution in [0.3, 0.4) is 0 Å². The third kappa shape index (κ3) is 3.45. The first-order chi connectivity index (χ1) is 11.2. The number of benzene rings is 1. The average Bonchev–Trinajstić information content (AvgIpc) is 3.15. The lowest BCUT2D eigenvalue weighted by Gasteiger charge is -2.24. The Morgan fingerprint density at radius 1 is 1.04 bits per heavy atom. The van der Waals surface area contributed by atoms with Gasteiger partial charge in [0.05, 0.1) is 19.9 Å². The van der Waals surface area contributed by atoms with Crippen LogP contribution < -0.4 is 9.47 Å². The summed E-state index contributed by atoms with van der Waals surface area (Å²) in [6.45, 7) is 4.63. The summed E-state index contributed by atoms with van der Waals surface area (Å²) < 4.78 is 10.4. The van der Waals surface area contributed by atoms with Crippen LogP contribution in [0.15, 0.2) is 30.3 Å². The molecule has 1 fully saturated rings. The summed E-state index contributed by atoms with van der Waals surface area (Å²) in [5.74, 6) is 0.504. The van der Waals surface area contributed by atoms with Gasteiger partial charge in [0, 0.05) is 17.7 Å². The first-order valence-electron chi connectivity index (χ1n) is 8.02. The molecule has 122 valence electrons. The number of rotatable bonds is 5. The van der Waals surface area contributed by atoms with Gasteiger partial charge >= 0.3 is 6.01 Å². The molecule has 0 radical (unpaired) electrons. The Bertz CT molecular complexity index is 647. The van der Waals surface area contributed by atoms with Gasteiger partial charge in [-0.3, -0.25) is 4.90 Å². The van der Waals surface area contributed by atoms with Crippen LogP contribution in [-0.4, -0.2) is 42.2 Å². The van der Waals surface area contributed by atoms with Crippen molar-refractivity contribution in [2.75, 3.05) is 27.3 Å². The van der Waals surface area contributed by atoms with Crippen molar-refractivity contribution in [1.82, 2.24) is 14.9 Å². The summed E-state index contributed by atoms with van der Waals surface area (Å²) in [5, 5.41) is 0. The van der Waals surface area contributed by atoms with E-state index in [0.29, 0.717) is 17.9 Å². The van der Waals surface area contributed by atoms with Crippen LogP contribution in [0.25, 0.3) is 11.3 Å². The lowest BCUT2D eigenvalue weighted by atomic mass is 10.0. The standard InChI is InChI=1S/C18H23N3O2/c1-13(21-9-4-5-10-21)14-7-6-8-15(11-14)16-12-17(22-2)20-18(19-16)23-3/h6-8,11-13H,4-5,9-10H2,1-3H3/t13-/m1/s1. The Morgan fingerprint density at radius 3 is 2.52 bits per heavy atom. The lowest BCUT2D eigenvalue weighted by molar-refractivity contribution is 0.263. The number of likely N-dealkylation sites (tertiary alicyclic amines) is 1. The molecule has 5 nitrogen and oxygen atoms in total. The van der Waals surface area contributed by atoms with Gasteiger partial charge in [0.15, 0.2) is 0 Å². The molecule has 1 aromatic carbocycles. The summed E-state index contributed by atoms with van der Waals surface area (Å²) in [5.41, 5.74) is 3.16. The Balaban J connectivity index is 1.93. The van der Waals surface area contributed by atoms with Crippen molar-refractivity contribution >= 4 is 0 Å². The minimum Gasteiger partial charge on any atom is -0.481 e. The highest BCUT2D eigenvalue weighted by Gasteiger charge is 2.19. The molecule has 0 spiro atoms. The van der Waals surface area contributed by atoms with Gasteiger partial charge in [-0.2, -0.15) is 9.97 Å². The summed E-state index contributed by atoms with van der Waals surface area (Å²) >= 11 is 0.